The molecule has 0 bridgehead atoms. The van der Waals surface area contributed by atoms with E-state index in [-0.39, 0.29) is 31.8 Å². The Balaban J connectivity index is 1.95. The van der Waals surface area contributed by atoms with Crippen LogP contribution in [0.2, 0.25) is 0 Å². The molecule has 0 aromatic heterocycles. The first-order chi connectivity index (χ1) is 11.3. The summed E-state index contributed by atoms with van der Waals surface area (Å²) >= 11 is 0. The van der Waals surface area contributed by atoms with Gasteiger partial charge >= 0.3 is 6.18 Å². The van der Waals surface area contributed by atoms with Crippen molar-refractivity contribution in [3.05, 3.63) is 29.8 Å². The van der Waals surface area contributed by atoms with E-state index in [9.17, 15) is 23.1 Å². The molecule has 7 heteroatoms. The fraction of sp³-hybridized carbons (Fsp3) is 0.588. The van der Waals surface area contributed by atoms with Gasteiger partial charge in [-0.15, -0.1) is 0 Å². The van der Waals surface area contributed by atoms with Gasteiger partial charge < -0.3 is 14.7 Å². The average molecular weight is 345 g/mol. The van der Waals surface area contributed by atoms with Crippen molar-refractivity contribution < 1.29 is 27.8 Å². The first-order valence-electron chi connectivity index (χ1n) is 8.10. The van der Waals surface area contributed by atoms with Gasteiger partial charge in [0, 0.05) is 18.7 Å². The number of nitrogens with zero attached hydrogens (tertiary/aromatic N) is 1. The van der Waals surface area contributed by atoms with Crippen molar-refractivity contribution in [1.29, 1.82) is 0 Å². The van der Waals surface area contributed by atoms with Crippen LogP contribution in [0.5, 0.6) is 5.75 Å². The second-order valence-electron chi connectivity index (χ2n) is 5.99. The number of amides is 1. The highest BCUT2D eigenvalue weighted by Gasteiger charge is 2.44. The van der Waals surface area contributed by atoms with Crippen LogP contribution in [0, 0.1) is 5.92 Å². The number of aliphatic hydroxyl groups excluding tert-OH is 1. The molecule has 1 amide bonds. The molecule has 24 heavy (non-hydrogen) atoms. The zero-order valence-electron chi connectivity index (χ0n) is 13.6. The van der Waals surface area contributed by atoms with Gasteiger partial charge in [-0.05, 0) is 43.4 Å². The molecule has 0 spiro atoms. The van der Waals surface area contributed by atoms with Crippen molar-refractivity contribution in [2.75, 3.05) is 19.7 Å². The zero-order valence-corrected chi connectivity index (χ0v) is 13.6. The van der Waals surface area contributed by atoms with E-state index in [2.05, 4.69) is 0 Å². The van der Waals surface area contributed by atoms with E-state index in [4.69, 9.17) is 4.74 Å². The molecular formula is C17H22F3NO3. The molecule has 1 aliphatic rings. The highest BCUT2D eigenvalue weighted by atomic mass is 19.4. The third-order valence-corrected chi connectivity index (χ3v) is 4.16. The number of likely N-dealkylation sites (tertiary alicyclic amines) is 1. The quantitative estimate of drug-likeness (QED) is 0.891. The van der Waals surface area contributed by atoms with Crippen molar-refractivity contribution in [2.24, 2.45) is 5.92 Å². The van der Waals surface area contributed by atoms with Crippen LogP contribution in [0.4, 0.5) is 13.2 Å². The van der Waals surface area contributed by atoms with E-state index in [1.807, 2.05) is 6.92 Å². The minimum Gasteiger partial charge on any atom is -0.494 e. The second kappa shape index (κ2) is 7.88. The van der Waals surface area contributed by atoms with Gasteiger partial charge in [-0.1, -0.05) is 13.0 Å². The lowest BCUT2D eigenvalue weighted by Crippen LogP contribution is -2.45. The molecule has 1 aliphatic heterocycles. The number of carbonyl (C=O) groups excluding carboxylic acids is 1. The molecule has 0 radical (unpaired) electrons. The van der Waals surface area contributed by atoms with Crippen LogP contribution in [0.15, 0.2) is 24.3 Å². The molecule has 4 nitrogen and oxygen atoms in total. The van der Waals surface area contributed by atoms with E-state index in [0.717, 1.165) is 6.42 Å². The smallest absolute Gasteiger partial charge is 0.414 e. The first-order valence-corrected chi connectivity index (χ1v) is 8.10. The van der Waals surface area contributed by atoms with Crippen LogP contribution in [0.25, 0.3) is 0 Å². The molecule has 1 unspecified atom stereocenters. The Bertz CT molecular complexity index is 554. The molecule has 1 heterocycles. The fourth-order valence-corrected chi connectivity index (χ4v) is 2.81. The summed E-state index contributed by atoms with van der Waals surface area (Å²) in [5.74, 6) is -0.477. The normalized spacial score (nSPS) is 17.6. The van der Waals surface area contributed by atoms with Gasteiger partial charge in [0.25, 0.3) is 5.91 Å². The molecule has 2 rings (SSSR count). The third-order valence-electron chi connectivity index (χ3n) is 4.16. The number of alkyl halides is 3. The topological polar surface area (TPSA) is 49.8 Å². The largest absolute Gasteiger partial charge is 0.494 e. The molecule has 1 N–H and O–H groups in total. The van der Waals surface area contributed by atoms with E-state index >= 15 is 0 Å². The number of halogens is 3. The lowest BCUT2D eigenvalue weighted by atomic mass is 9.90. The highest BCUT2D eigenvalue weighted by molar-refractivity contribution is 5.94. The Hall–Kier alpha value is -1.76. The van der Waals surface area contributed by atoms with Crippen molar-refractivity contribution >= 4 is 5.91 Å². The average Bonchev–Trinajstić information content (AvgIpc) is 2.58. The Morgan fingerprint density at radius 2 is 2.04 bits per heavy atom. The van der Waals surface area contributed by atoms with E-state index in [1.54, 1.807) is 24.3 Å². The van der Waals surface area contributed by atoms with Crippen LogP contribution >= 0.6 is 0 Å². The van der Waals surface area contributed by atoms with Crippen LogP contribution in [0.1, 0.15) is 36.5 Å². The molecule has 134 valence electrons. The minimum atomic E-state index is -4.61. The summed E-state index contributed by atoms with van der Waals surface area (Å²) in [5, 5.41) is 9.33. The maximum atomic E-state index is 12.6. The van der Waals surface area contributed by atoms with Gasteiger partial charge in [-0.25, -0.2) is 0 Å². The summed E-state index contributed by atoms with van der Waals surface area (Å²) in [4.78, 5) is 14.0. The van der Waals surface area contributed by atoms with E-state index in [1.165, 1.54) is 4.90 Å². The summed E-state index contributed by atoms with van der Waals surface area (Å²) in [7, 11) is 0. The molecular weight excluding hydrogens is 323 g/mol. The fourth-order valence-electron chi connectivity index (χ4n) is 2.81. The highest BCUT2D eigenvalue weighted by Crippen LogP contribution is 2.32. The molecule has 1 saturated heterocycles. The van der Waals surface area contributed by atoms with Crippen LogP contribution < -0.4 is 4.74 Å². The summed E-state index contributed by atoms with van der Waals surface area (Å²) in [5.41, 5.74) is 0.457. The second-order valence-corrected chi connectivity index (χ2v) is 5.99. The summed E-state index contributed by atoms with van der Waals surface area (Å²) in [6.45, 7) is 2.94. The standard InChI is InChI=1S/C17H22F3NO3/c1-2-10-24-14-5-3-4-13(11-14)16(23)21-8-6-12(7-9-21)15(22)17(18,19)20/h3-5,11-12,15,22H,2,6-10H2,1H3. The number of rotatable bonds is 5. The number of ether oxygens (including phenoxy) is 1. The Labute approximate surface area is 139 Å². The Morgan fingerprint density at radius 3 is 2.62 bits per heavy atom. The molecule has 1 aromatic rings. The monoisotopic (exact) mass is 345 g/mol. The van der Waals surface area contributed by atoms with Gasteiger partial charge in [-0.2, -0.15) is 13.2 Å². The molecule has 1 fully saturated rings. The number of hydrogen-bond donors (Lipinski definition) is 1. The number of aliphatic hydroxyl groups is 1. The SMILES string of the molecule is CCCOc1cccc(C(=O)N2CCC(C(O)C(F)(F)F)CC2)c1. The van der Waals surface area contributed by atoms with Crippen LogP contribution in [-0.4, -0.2) is 47.9 Å². The number of piperidine rings is 1. The van der Waals surface area contributed by atoms with Gasteiger partial charge in [0.05, 0.1) is 6.61 Å². The lowest BCUT2D eigenvalue weighted by Gasteiger charge is -2.34. The first kappa shape index (κ1) is 18.6. The van der Waals surface area contributed by atoms with Crippen LogP contribution in [-0.2, 0) is 0 Å². The number of carbonyl (C=O) groups is 1. The van der Waals surface area contributed by atoms with Crippen molar-refractivity contribution in [1.82, 2.24) is 4.90 Å². The van der Waals surface area contributed by atoms with Crippen molar-refractivity contribution in [3.63, 3.8) is 0 Å². The summed E-state index contributed by atoms with van der Waals surface area (Å²) < 4.78 is 43.2. The summed E-state index contributed by atoms with van der Waals surface area (Å²) in [6, 6.07) is 6.79. The van der Waals surface area contributed by atoms with E-state index in [0.29, 0.717) is 17.9 Å². The zero-order chi connectivity index (χ0) is 17.7. The van der Waals surface area contributed by atoms with Gasteiger partial charge in [0.2, 0.25) is 0 Å². The molecule has 1 atom stereocenters. The van der Waals surface area contributed by atoms with Gasteiger partial charge in [0.1, 0.15) is 5.75 Å². The van der Waals surface area contributed by atoms with E-state index < -0.39 is 18.2 Å². The predicted molar refractivity (Wildman–Crippen MR) is 82.9 cm³/mol. The van der Waals surface area contributed by atoms with Gasteiger partial charge in [0.15, 0.2) is 6.10 Å². The Morgan fingerprint density at radius 1 is 1.38 bits per heavy atom. The maximum Gasteiger partial charge on any atom is 0.414 e. The number of benzene rings is 1. The lowest BCUT2D eigenvalue weighted by molar-refractivity contribution is -0.222. The van der Waals surface area contributed by atoms with Crippen molar-refractivity contribution in [3.8, 4) is 5.75 Å². The third kappa shape index (κ3) is 4.63. The Kier molecular flexibility index (Phi) is 6.10. The van der Waals surface area contributed by atoms with Crippen LogP contribution in [0.3, 0.4) is 0 Å². The van der Waals surface area contributed by atoms with Crippen molar-refractivity contribution in [2.45, 2.75) is 38.5 Å². The minimum absolute atomic E-state index is 0.137. The van der Waals surface area contributed by atoms with Gasteiger partial charge in [-0.3, -0.25) is 4.79 Å². The maximum absolute atomic E-state index is 12.6. The molecule has 1 aromatic carbocycles. The predicted octanol–water partition coefficient (Wildman–Crippen LogP) is 3.25. The molecule has 0 saturated carbocycles. The molecule has 0 aliphatic carbocycles. The summed E-state index contributed by atoms with van der Waals surface area (Å²) in [6.07, 6.45) is -5.80. The number of hydrogen-bond acceptors (Lipinski definition) is 3.